The number of hydrogen-bond acceptors (Lipinski definition) is 5. The molecule has 8 heteroatoms. The molecule has 1 heterocycles. The SMILES string of the molecule is C=CCCC(NC(=O)OCC1c2ccccc2-c2ccccc21)C(=O)NC1CCOC1C(=O)O. The van der Waals surface area contributed by atoms with Crippen molar-refractivity contribution in [3.05, 3.63) is 72.3 Å². The molecule has 4 rings (SSSR count). The first kappa shape index (κ1) is 23.5. The molecule has 2 aromatic rings. The molecular formula is C26H28N2O6. The maximum Gasteiger partial charge on any atom is 0.407 e. The van der Waals surface area contributed by atoms with Gasteiger partial charge in [0.15, 0.2) is 6.10 Å². The Morgan fingerprint density at radius 3 is 2.38 bits per heavy atom. The van der Waals surface area contributed by atoms with Crippen molar-refractivity contribution in [2.75, 3.05) is 13.2 Å². The minimum atomic E-state index is -1.13. The van der Waals surface area contributed by atoms with Crippen LogP contribution >= 0.6 is 0 Å². The molecule has 34 heavy (non-hydrogen) atoms. The van der Waals surface area contributed by atoms with Crippen LogP contribution in [0, 0.1) is 0 Å². The standard InChI is InChI=1S/C26H28N2O6/c1-2-3-12-22(24(29)27-21-13-14-33-23(21)25(30)31)28-26(32)34-15-20-18-10-6-4-8-16(18)17-9-5-7-11-19(17)20/h2,4-11,20-23H,1,3,12-15H2,(H,27,29)(H,28,32)(H,30,31). The van der Waals surface area contributed by atoms with Crippen LogP contribution in [0.2, 0.25) is 0 Å². The van der Waals surface area contributed by atoms with E-state index in [4.69, 9.17) is 9.47 Å². The van der Waals surface area contributed by atoms with Gasteiger partial charge in [0.1, 0.15) is 12.6 Å². The average molecular weight is 465 g/mol. The summed E-state index contributed by atoms with van der Waals surface area (Å²) in [4.78, 5) is 36.8. The maximum absolute atomic E-state index is 12.8. The van der Waals surface area contributed by atoms with Gasteiger partial charge < -0.3 is 25.2 Å². The van der Waals surface area contributed by atoms with E-state index in [0.717, 1.165) is 22.3 Å². The molecule has 1 fully saturated rings. The second kappa shape index (κ2) is 10.5. The van der Waals surface area contributed by atoms with Crippen LogP contribution < -0.4 is 10.6 Å². The van der Waals surface area contributed by atoms with Gasteiger partial charge in [-0.05, 0) is 41.5 Å². The van der Waals surface area contributed by atoms with E-state index in [1.165, 1.54) is 0 Å². The van der Waals surface area contributed by atoms with Gasteiger partial charge in [-0.15, -0.1) is 6.58 Å². The van der Waals surface area contributed by atoms with Gasteiger partial charge in [-0.1, -0.05) is 54.6 Å². The highest BCUT2D eigenvalue weighted by Gasteiger charge is 2.37. The Balaban J connectivity index is 1.39. The highest BCUT2D eigenvalue weighted by Crippen LogP contribution is 2.44. The van der Waals surface area contributed by atoms with Gasteiger partial charge >= 0.3 is 12.1 Å². The number of ether oxygens (including phenoxy) is 2. The van der Waals surface area contributed by atoms with Crippen LogP contribution in [0.25, 0.3) is 11.1 Å². The lowest BCUT2D eigenvalue weighted by Gasteiger charge is -2.22. The van der Waals surface area contributed by atoms with Gasteiger partial charge in [0, 0.05) is 12.5 Å². The third kappa shape index (κ3) is 4.97. The molecule has 2 aliphatic rings. The monoisotopic (exact) mass is 464 g/mol. The number of carboxylic acids is 1. The van der Waals surface area contributed by atoms with E-state index in [2.05, 4.69) is 29.3 Å². The fourth-order valence-corrected chi connectivity index (χ4v) is 4.60. The Kier molecular flexibility index (Phi) is 7.27. The second-order valence-electron chi connectivity index (χ2n) is 8.42. The minimum absolute atomic E-state index is 0.0921. The van der Waals surface area contributed by atoms with Gasteiger partial charge in [0.25, 0.3) is 0 Å². The molecule has 8 nitrogen and oxygen atoms in total. The third-order valence-corrected chi connectivity index (χ3v) is 6.27. The Morgan fingerprint density at radius 2 is 1.76 bits per heavy atom. The number of carbonyl (C=O) groups is 3. The van der Waals surface area contributed by atoms with Crippen LogP contribution in [0.15, 0.2) is 61.2 Å². The van der Waals surface area contributed by atoms with E-state index >= 15 is 0 Å². The number of amides is 2. The zero-order chi connectivity index (χ0) is 24.1. The normalized spacial score (nSPS) is 19.5. The lowest BCUT2D eigenvalue weighted by molar-refractivity contribution is -0.148. The minimum Gasteiger partial charge on any atom is -0.479 e. The summed E-state index contributed by atoms with van der Waals surface area (Å²) in [5.41, 5.74) is 4.45. The predicted molar refractivity (Wildman–Crippen MR) is 125 cm³/mol. The topological polar surface area (TPSA) is 114 Å². The lowest BCUT2D eigenvalue weighted by atomic mass is 9.98. The first-order valence-electron chi connectivity index (χ1n) is 11.4. The summed E-state index contributed by atoms with van der Waals surface area (Å²) in [6.45, 7) is 4.05. The summed E-state index contributed by atoms with van der Waals surface area (Å²) < 4.78 is 10.7. The van der Waals surface area contributed by atoms with Crippen molar-refractivity contribution in [3.8, 4) is 11.1 Å². The first-order valence-corrected chi connectivity index (χ1v) is 11.4. The number of nitrogens with one attached hydrogen (secondary N) is 2. The zero-order valence-electron chi connectivity index (χ0n) is 18.7. The van der Waals surface area contributed by atoms with Crippen LogP contribution in [0.3, 0.4) is 0 Å². The van der Waals surface area contributed by atoms with E-state index in [0.29, 0.717) is 19.3 Å². The average Bonchev–Trinajstić information content (AvgIpc) is 3.43. The highest BCUT2D eigenvalue weighted by molar-refractivity contribution is 5.87. The summed E-state index contributed by atoms with van der Waals surface area (Å²) in [6, 6.07) is 14.5. The summed E-state index contributed by atoms with van der Waals surface area (Å²) in [6.07, 6.45) is 1.04. The van der Waals surface area contributed by atoms with Crippen LogP contribution in [0.1, 0.15) is 36.3 Å². The Morgan fingerprint density at radius 1 is 1.12 bits per heavy atom. The van der Waals surface area contributed by atoms with Crippen molar-refractivity contribution < 1.29 is 29.0 Å². The van der Waals surface area contributed by atoms with Crippen LogP contribution in [0.4, 0.5) is 4.79 Å². The van der Waals surface area contributed by atoms with E-state index in [-0.39, 0.29) is 19.1 Å². The molecular weight excluding hydrogens is 436 g/mol. The molecule has 1 aliphatic heterocycles. The van der Waals surface area contributed by atoms with Crippen molar-refractivity contribution in [2.45, 2.75) is 43.4 Å². The van der Waals surface area contributed by atoms with Gasteiger partial charge in [-0.25, -0.2) is 9.59 Å². The molecule has 2 amide bonds. The highest BCUT2D eigenvalue weighted by atomic mass is 16.5. The number of alkyl carbamates (subject to hydrolysis) is 1. The fourth-order valence-electron chi connectivity index (χ4n) is 4.60. The molecule has 0 radical (unpaired) electrons. The lowest BCUT2D eigenvalue weighted by Crippen LogP contribution is -2.52. The third-order valence-electron chi connectivity index (χ3n) is 6.27. The van der Waals surface area contributed by atoms with Gasteiger partial charge in [0.05, 0.1) is 6.04 Å². The van der Waals surface area contributed by atoms with Gasteiger partial charge in [0.2, 0.25) is 5.91 Å². The van der Waals surface area contributed by atoms with Crippen molar-refractivity contribution >= 4 is 18.0 Å². The molecule has 178 valence electrons. The van der Waals surface area contributed by atoms with Crippen molar-refractivity contribution in [1.82, 2.24) is 10.6 Å². The summed E-state index contributed by atoms with van der Waals surface area (Å²) >= 11 is 0. The number of fused-ring (bicyclic) bond motifs is 3. The fraction of sp³-hybridized carbons (Fsp3) is 0.346. The van der Waals surface area contributed by atoms with Crippen LogP contribution in [0.5, 0.6) is 0 Å². The molecule has 0 aromatic heterocycles. The molecule has 3 N–H and O–H groups in total. The number of allylic oxidation sites excluding steroid dienone is 1. The van der Waals surface area contributed by atoms with Crippen LogP contribution in [-0.2, 0) is 19.1 Å². The predicted octanol–water partition coefficient (Wildman–Crippen LogP) is 3.22. The molecule has 3 unspecified atom stereocenters. The van der Waals surface area contributed by atoms with Gasteiger partial charge in [-0.3, -0.25) is 4.79 Å². The number of benzene rings is 2. The molecule has 0 spiro atoms. The Hall–Kier alpha value is -3.65. The van der Waals surface area contributed by atoms with Crippen LogP contribution in [-0.4, -0.2) is 54.5 Å². The number of hydrogen-bond donors (Lipinski definition) is 3. The van der Waals surface area contributed by atoms with Crippen molar-refractivity contribution in [2.24, 2.45) is 0 Å². The Bertz CT molecular complexity index is 1040. The maximum atomic E-state index is 12.8. The first-order chi connectivity index (χ1) is 16.5. The molecule has 0 bridgehead atoms. The van der Waals surface area contributed by atoms with E-state index in [9.17, 15) is 19.5 Å². The molecule has 1 saturated heterocycles. The van der Waals surface area contributed by atoms with Crippen molar-refractivity contribution in [3.63, 3.8) is 0 Å². The number of rotatable bonds is 9. The summed E-state index contributed by atoms with van der Waals surface area (Å²) in [7, 11) is 0. The second-order valence-corrected chi connectivity index (χ2v) is 8.42. The van der Waals surface area contributed by atoms with Crippen molar-refractivity contribution in [1.29, 1.82) is 0 Å². The summed E-state index contributed by atoms with van der Waals surface area (Å²) in [5, 5.41) is 14.6. The largest absolute Gasteiger partial charge is 0.479 e. The smallest absolute Gasteiger partial charge is 0.407 e. The molecule has 0 saturated carbocycles. The van der Waals surface area contributed by atoms with Gasteiger partial charge in [-0.2, -0.15) is 0 Å². The quantitative estimate of drug-likeness (QED) is 0.491. The Labute approximate surface area is 198 Å². The molecule has 1 aliphatic carbocycles. The van der Waals surface area contributed by atoms with E-state index < -0.39 is 36.2 Å². The summed E-state index contributed by atoms with van der Waals surface area (Å²) in [5.74, 6) is -1.70. The molecule has 2 aromatic carbocycles. The number of aliphatic carboxylic acids is 1. The number of carboxylic acid groups (broad SMARTS) is 1. The van der Waals surface area contributed by atoms with E-state index in [1.54, 1.807) is 6.08 Å². The molecule has 3 atom stereocenters. The zero-order valence-corrected chi connectivity index (χ0v) is 18.7. The number of carbonyl (C=O) groups excluding carboxylic acids is 2. The van der Waals surface area contributed by atoms with E-state index in [1.807, 2.05) is 36.4 Å².